The Morgan fingerprint density at radius 1 is 0.274 bits per heavy atom. The van der Waals surface area contributed by atoms with Gasteiger partial charge in [-0.15, -0.1) is 0 Å². The number of ether oxygens (including phenoxy) is 3. The van der Waals surface area contributed by atoms with E-state index in [1.807, 2.05) is 0 Å². The maximum absolute atomic E-state index is 12.9. The van der Waals surface area contributed by atoms with E-state index in [0.29, 0.717) is 19.3 Å². The van der Waals surface area contributed by atoms with Crippen LogP contribution in [-0.4, -0.2) is 37.2 Å². The second-order valence-corrected chi connectivity index (χ2v) is 22.0. The van der Waals surface area contributed by atoms with Gasteiger partial charge in [-0.1, -0.05) is 295 Å². The highest BCUT2D eigenvalue weighted by Gasteiger charge is 2.19. The number of rotatable bonds is 60. The molecular formula is C67H124O6. The molecule has 0 aliphatic carbocycles. The minimum Gasteiger partial charge on any atom is -0.462 e. The van der Waals surface area contributed by atoms with Gasteiger partial charge in [0.1, 0.15) is 13.2 Å². The second-order valence-electron chi connectivity index (χ2n) is 22.0. The first kappa shape index (κ1) is 70.6. The number of unbranched alkanes of at least 4 members (excludes halogenated alkanes) is 43. The monoisotopic (exact) mass is 1020 g/mol. The number of esters is 3. The van der Waals surface area contributed by atoms with E-state index < -0.39 is 6.10 Å². The summed E-state index contributed by atoms with van der Waals surface area (Å²) in [6, 6.07) is 0. The molecule has 0 bridgehead atoms. The Hall–Kier alpha value is -2.37. The lowest BCUT2D eigenvalue weighted by Crippen LogP contribution is -2.30. The molecule has 6 nitrogen and oxygen atoms in total. The van der Waals surface area contributed by atoms with Gasteiger partial charge in [0.05, 0.1) is 0 Å². The van der Waals surface area contributed by atoms with Crippen molar-refractivity contribution in [2.24, 2.45) is 0 Å². The zero-order valence-corrected chi connectivity index (χ0v) is 49.2. The first-order chi connectivity index (χ1) is 36.0. The molecule has 0 saturated carbocycles. The number of carbonyl (C=O) groups is 3. The van der Waals surface area contributed by atoms with Gasteiger partial charge in [0.15, 0.2) is 6.10 Å². The van der Waals surface area contributed by atoms with Crippen molar-refractivity contribution in [1.29, 1.82) is 0 Å². The van der Waals surface area contributed by atoms with Crippen molar-refractivity contribution in [3.63, 3.8) is 0 Å². The molecule has 6 heteroatoms. The Kier molecular flexibility index (Phi) is 60.2. The van der Waals surface area contributed by atoms with Crippen LogP contribution in [0, 0.1) is 0 Å². The molecule has 1 atom stereocenters. The first-order valence-corrected chi connectivity index (χ1v) is 32.5. The standard InChI is InChI=1S/C67H124O6/c1-4-7-10-13-16-19-22-25-28-30-31-32-33-34-35-36-37-40-42-45-48-51-54-57-60-66(69)72-63-64(62-71-65(68)59-56-53-50-47-44-41-38-27-24-21-18-15-12-9-6-3)73-67(70)61-58-55-52-49-46-43-39-29-26-23-20-17-14-11-8-5-2/h20,23,27,29,38-39,64H,4-19,21-22,24-26,28,30-37,40-63H2,1-3H3/b23-20-,38-27-,39-29-. The molecule has 0 aromatic heterocycles. The minimum atomic E-state index is -0.781. The summed E-state index contributed by atoms with van der Waals surface area (Å²) < 4.78 is 16.9. The molecule has 0 aromatic carbocycles. The topological polar surface area (TPSA) is 78.9 Å². The van der Waals surface area contributed by atoms with Gasteiger partial charge >= 0.3 is 17.9 Å². The van der Waals surface area contributed by atoms with E-state index >= 15 is 0 Å². The Morgan fingerprint density at radius 3 is 0.781 bits per heavy atom. The fraction of sp³-hybridized carbons (Fsp3) is 0.866. The molecular weight excluding hydrogens is 901 g/mol. The van der Waals surface area contributed by atoms with Gasteiger partial charge in [-0.2, -0.15) is 0 Å². The number of carbonyl (C=O) groups excluding carboxylic acids is 3. The SMILES string of the molecule is CCCCCC/C=C\C/C=C\CCCCCCCC(=O)OC(COC(=O)CCCCCCC/C=C\CCCCCCCC)COC(=O)CCCCCCCCCCCCCCCCCCCCCCCCCC. The molecule has 0 heterocycles. The van der Waals surface area contributed by atoms with Crippen LogP contribution in [0.15, 0.2) is 36.5 Å². The van der Waals surface area contributed by atoms with Crippen molar-refractivity contribution in [1.82, 2.24) is 0 Å². The van der Waals surface area contributed by atoms with Gasteiger partial charge in [0.2, 0.25) is 0 Å². The van der Waals surface area contributed by atoms with E-state index in [1.54, 1.807) is 0 Å². The van der Waals surface area contributed by atoms with Crippen LogP contribution in [-0.2, 0) is 28.6 Å². The van der Waals surface area contributed by atoms with E-state index in [2.05, 4.69) is 57.2 Å². The van der Waals surface area contributed by atoms with Crippen molar-refractivity contribution in [2.45, 2.75) is 361 Å². The van der Waals surface area contributed by atoms with Gasteiger partial charge in [0, 0.05) is 19.3 Å². The summed E-state index contributed by atoms with van der Waals surface area (Å²) >= 11 is 0. The van der Waals surface area contributed by atoms with Gasteiger partial charge in [-0.05, 0) is 77.0 Å². The van der Waals surface area contributed by atoms with Gasteiger partial charge in [-0.25, -0.2) is 0 Å². The van der Waals surface area contributed by atoms with Gasteiger partial charge < -0.3 is 14.2 Å². The zero-order valence-electron chi connectivity index (χ0n) is 49.2. The average Bonchev–Trinajstić information content (AvgIpc) is 3.39. The summed E-state index contributed by atoms with van der Waals surface area (Å²) in [5.41, 5.74) is 0. The van der Waals surface area contributed by atoms with Crippen molar-refractivity contribution in [3.8, 4) is 0 Å². The molecule has 0 aliphatic heterocycles. The van der Waals surface area contributed by atoms with Crippen LogP contribution in [0.5, 0.6) is 0 Å². The first-order valence-electron chi connectivity index (χ1n) is 32.5. The lowest BCUT2D eigenvalue weighted by atomic mass is 10.0. The predicted octanol–water partition coefficient (Wildman–Crippen LogP) is 22.0. The van der Waals surface area contributed by atoms with E-state index in [4.69, 9.17) is 14.2 Å². The quantitative estimate of drug-likeness (QED) is 0.0261. The third kappa shape index (κ3) is 60.4. The summed E-state index contributed by atoms with van der Waals surface area (Å²) in [5, 5.41) is 0. The lowest BCUT2D eigenvalue weighted by molar-refractivity contribution is -0.167. The maximum atomic E-state index is 12.9. The van der Waals surface area contributed by atoms with Crippen LogP contribution in [0.25, 0.3) is 0 Å². The molecule has 0 amide bonds. The fourth-order valence-electron chi connectivity index (χ4n) is 9.71. The van der Waals surface area contributed by atoms with Gasteiger partial charge in [-0.3, -0.25) is 14.4 Å². The Balaban J connectivity index is 4.28. The van der Waals surface area contributed by atoms with E-state index in [-0.39, 0.29) is 31.1 Å². The Morgan fingerprint density at radius 2 is 0.493 bits per heavy atom. The van der Waals surface area contributed by atoms with Gasteiger partial charge in [0.25, 0.3) is 0 Å². The Labute approximate surface area is 455 Å². The third-order valence-corrected chi connectivity index (χ3v) is 14.6. The number of hydrogen-bond acceptors (Lipinski definition) is 6. The van der Waals surface area contributed by atoms with Crippen molar-refractivity contribution in [3.05, 3.63) is 36.5 Å². The van der Waals surface area contributed by atoms with Crippen molar-refractivity contribution in [2.75, 3.05) is 13.2 Å². The summed E-state index contributed by atoms with van der Waals surface area (Å²) in [5.74, 6) is -0.876. The van der Waals surface area contributed by atoms with Crippen LogP contribution in [0.3, 0.4) is 0 Å². The largest absolute Gasteiger partial charge is 0.462 e. The predicted molar refractivity (Wildman–Crippen MR) is 316 cm³/mol. The summed E-state index contributed by atoms with van der Waals surface area (Å²) in [4.78, 5) is 38.3. The molecule has 1 unspecified atom stereocenters. The Bertz CT molecular complexity index is 1220. The van der Waals surface area contributed by atoms with E-state index in [9.17, 15) is 14.4 Å². The second kappa shape index (κ2) is 62.2. The van der Waals surface area contributed by atoms with Crippen molar-refractivity contribution < 1.29 is 28.6 Å². The molecule has 0 fully saturated rings. The summed E-state index contributed by atoms with van der Waals surface area (Å²) in [6.07, 6.45) is 75.8. The van der Waals surface area contributed by atoms with E-state index in [0.717, 1.165) is 89.9 Å². The molecule has 0 aliphatic rings. The van der Waals surface area contributed by atoms with Crippen LogP contribution in [0.1, 0.15) is 355 Å². The average molecular weight is 1030 g/mol. The summed E-state index contributed by atoms with van der Waals surface area (Å²) in [7, 11) is 0. The highest BCUT2D eigenvalue weighted by molar-refractivity contribution is 5.71. The highest BCUT2D eigenvalue weighted by atomic mass is 16.6. The smallest absolute Gasteiger partial charge is 0.306 e. The lowest BCUT2D eigenvalue weighted by Gasteiger charge is -2.18. The van der Waals surface area contributed by atoms with Crippen LogP contribution in [0.4, 0.5) is 0 Å². The number of allylic oxidation sites excluding steroid dienone is 6. The normalized spacial score (nSPS) is 12.2. The minimum absolute atomic E-state index is 0.0765. The summed E-state index contributed by atoms with van der Waals surface area (Å²) in [6.45, 7) is 6.66. The molecule has 0 aromatic rings. The molecule has 0 saturated heterocycles. The van der Waals surface area contributed by atoms with Crippen LogP contribution < -0.4 is 0 Å². The molecule has 0 radical (unpaired) electrons. The van der Waals surface area contributed by atoms with Crippen LogP contribution >= 0.6 is 0 Å². The highest BCUT2D eigenvalue weighted by Crippen LogP contribution is 2.18. The van der Waals surface area contributed by atoms with E-state index in [1.165, 1.54) is 225 Å². The maximum Gasteiger partial charge on any atom is 0.306 e. The molecule has 0 rings (SSSR count). The number of hydrogen-bond donors (Lipinski definition) is 0. The molecule has 73 heavy (non-hydrogen) atoms. The molecule has 428 valence electrons. The molecule has 0 spiro atoms. The fourth-order valence-corrected chi connectivity index (χ4v) is 9.71. The third-order valence-electron chi connectivity index (χ3n) is 14.6. The van der Waals surface area contributed by atoms with Crippen molar-refractivity contribution >= 4 is 17.9 Å². The molecule has 0 N–H and O–H groups in total. The van der Waals surface area contributed by atoms with Crippen LogP contribution in [0.2, 0.25) is 0 Å². The zero-order chi connectivity index (χ0) is 52.9.